The van der Waals surface area contributed by atoms with E-state index >= 15 is 0 Å². The number of benzene rings is 1. The van der Waals surface area contributed by atoms with Crippen LogP contribution in [0.15, 0.2) is 24.3 Å². The molecule has 4 atom stereocenters. The van der Waals surface area contributed by atoms with Gasteiger partial charge in [0.15, 0.2) is 0 Å². The van der Waals surface area contributed by atoms with E-state index in [1.165, 1.54) is 6.92 Å². The summed E-state index contributed by atoms with van der Waals surface area (Å²) in [6.07, 6.45) is 3.47. The lowest BCUT2D eigenvalue weighted by Gasteiger charge is -2.56. The number of carbonyl (C=O) groups excluding carboxylic acids is 3. The Morgan fingerprint density at radius 2 is 1.90 bits per heavy atom. The summed E-state index contributed by atoms with van der Waals surface area (Å²) in [6, 6.07) is 7.34. The van der Waals surface area contributed by atoms with Crippen LogP contribution in [0, 0.1) is 11.8 Å². The molecule has 3 saturated heterocycles. The van der Waals surface area contributed by atoms with Crippen LogP contribution in [0.4, 0.5) is 0 Å². The van der Waals surface area contributed by atoms with Crippen LogP contribution in [-0.4, -0.2) is 66.3 Å². The van der Waals surface area contributed by atoms with Gasteiger partial charge in [0.05, 0.1) is 13.2 Å². The van der Waals surface area contributed by atoms with Gasteiger partial charge in [-0.3, -0.25) is 14.4 Å². The van der Waals surface area contributed by atoms with Gasteiger partial charge in [-0.25, -0.2) is 0 Å². The summed E-state index contributed by atoms with van der Waals surface area (Å²) in [5.74, 6) is 1.34. The number of ether oxygens (including phenoxy) is 1. The van der Waals surface area contributed by atoms with Crippen molar-refractivity contribution in [2.45, 2.75) is 44.7 Å². The fourth-order valence-electron chi connectivity index (χ4n) is 5.37. The van der Waals surface area contributed by atoms with E-state index in [2.05, 4.69) is 5.32 Å². The lowest BCUT2D eigenvalue weighted by Crippen LogP contribution is -2.67. The predicted octanol–water partition coefficient (Wildman–Crippen LogP) is 1.67. The maximum absolute atomic E-state index is 13.2. The molecule has 3 amide bonds. The molecule has 1 aromatic carbocycles. The van der Waals surface area contributed by atoms with Gasteiger partial charge in [0, 0.05) is 44.6 Å². The molecule has 1 N–H and O–H groups in total. The first-order valence-corrected chi connectivity index (χ1v) is 10.5. The van der Waals surface area contributed by atoms with Crippen molar-refractivity contribution in [2.75, 3.05) is 26.7 Å². The maximum atomic E-state index is 13.2. The SMILES string of the molecule is COc1ccc(C(=O)N2C[C@H]3C[C@@H](C2)[C@H](CNC(C)=O)N2C(=O)CCC[C@@H]32)cc1. The van der Waals surface area contributed by atoms with Crippen molar-refractivity contribution in [2.24, 2.45) is 11.8 Å². The summed E-state index contributed by atoms with van der Waals surface area (Å²) >= 11 is 0. The van der Waals surface area contributed by atoms with Gasteiger partial charge in [-0.1, -0.05) is 0 Å². The molecule has 0 unspecified atom stereocenters. The molecule has 0 radical (unpaired) electrons. The van der Waals surface area contributed by atoms with Crippen molar-refractivity contribution in [3.63, 3.8) is 0 Å². The number of hydrogen-bond donors (Lipinski definition) is 1. The lowest BCUT2D eigenvalue weighted by atomic mass is 9.72. The highest BCUT2D eigenvalue weighted by molar-refractivity contribution is 5.94. The Kier molecular flexibility index (Phi) is 5.48. The second-order valence-electron chi connectivity index (χ2n) is 8.46. The van der Waals surface area contributed by atoms with E-state index in [4.69, 9.17) is 4.74 Å². The number of fused-ring (bicyclic) bond motifs is 4. The van der Waals surface area contributed by atoms with Crippen LogP contribution in [0.5, 0.6) is 5.75 Å². The van der Waals surface area contributed by atoms with Gasteiger partial charge >= 0.3 is 0 Å². The second kappa shape index (κ2) is 8.05. The molecule has 3 fully saturated rings. The molecule has 4 rings (SSSR count). The van der Waals surface area contributed by atoms with Gasteiger partial charge in [-0.05, 0) is 55.4 Å². The minimum Gasteiger partial charge on any atom is -0.497 e. The Bertz CT molecular complexity index is 794. The number of likely N-dealkylation sites (tertiary alicyclic amines) is 1. The van der Waals surface area contributed by atoms with Crippen molar-refractivity contribution in [1.29, 1.82) is 0 Å². The monoisotopic (exact) mass is 399 g/mol. The number of hydrogen-bond acceptors (Lipinski definition) is 4. The normalized spacial score (nSPS) is 28.6. The fraction of sp³-hybridized carbons (Fsp3) is 0.591. The number of amides is 3. The molecular formula is C22H29N3O4. The fourth-order valence-corrected chi connectivity index (χ4v) is 5.37. The summed E-state index contributed by atoms with van der Waals surface area (Å²) in [6.45, 7) is 3.26. The molecule has 3 heterocycles. The zero-order valence-electron chi connectivity index (χ0n) is 17.1. The minimum absolute atomic E-state index is 0.0243. The summed E-state index contributed by atoms with van der Waals surface area (Å²) in [4.78, 5) is 41.4. The third-order valence-electron chi connectivity index (χ3n) is 6.68. The summed E-state index contributed by atoms with van der Waals surface area (Å²) < 4.78 is 5.19. The Morgan fingerprint density at radius 3 is 2.59 bits per heavy atom. The third-order valence-corrected chi connectivity index (χ3v) is 6.68. The Balaban J connectivity index is 1.56. The summed E-state index contributed by atoms with van der Waals surface area (Å²) in [5.41, 5.74) is 0.653. The maximum Gasteiger partial charge on any atom is 0.253 e. The van der Waals surface area contributed by atoms with Crippen molar-refractivity contribution < 1.29 is 19.1 Å². The topological polar surface area (TPSA) is 79.0 Å². The van der Waals surface area contributed by atoms with Crippen LogP contribution in [0.3, 0.4) is 0 Å². The van der Waals surface area contributed by atoms with Crippen molar-refractivity contribution in [3.05, 3.63) is 29.8 Å². The number of carbonyl (C=O) groups is 3. The molecule has 1 aromatic rings. The average molecular weight is 399 g/mol. The van der Waals surface area contributed by atoms with Gasteiger partial charge < -0.3 is 19.9 Å². The average Bonchev–Trinajstić information content (AvgIpc) is 2.73. The zero-order chi connectivity index (χ0) is 20.5. The van der Waals surface area contributed by atoms with Gasteiger partial charge in [-0.15, -0.1) is 0 Å². The second-order valence-corrected chi connectivity index (χ2v) is 8.46. The van der Waals surface area contributed by atoms with Crippen molar-refractivity contribution >= 4 is 17.7 Å². The van der Waals surface area contributed by atoms with E-state index in [1.807, 2.05) is 9.80 Å². The van der Waals surface area contributed by atoms with Gasteiger partial charge in [0.2, 0.25) is 11.8 Å². The smallest absolute Gasteiger partial charge is 0.253 e. The molecule has 29 heavy (non-hydrogen) atoms. The molecular weight excluding hydrogens is 370 g/mol. The molecule has 0 saturated carbocycles. The Morgan fingerprint density at radius 1 is 1.17 bits per heavy atom. The number of nitrogens with one attached hydrogen (secondary N) is 1. The van der Waals surface area contributed by atoms with E-state index in [0.29, 0.717) is 37.5 Å². The van der Waals surface area contributed by atoms with Crippen LogP contribution in [0.1, 0.15) is 43.0 Å². The van der Waals surface area contributed by atoms with Crippen LogP contribution in [0.2, 0.25) is 0 Å². The molecule has 0 aromatic heterocycles. The highest BCUT2D eigenvalue weighted by atomic mass is 16.5. The first-order valence-electron chi connectivity index (χ1n) is 10.5. The number of methoxy groups -OCH3 is 1. The highest BCUT2D eigenvalue weighted by Crippen LogP contribution is 2.41. The summed E-state index contributed by atoms with van der Waals surface area (Å²) in [5, 5.41) is 2.91. The first-order chi connectivity index (χ1) is 14.0. The molecule has 0 spiro atoms. The first kappa shape index (κ1) is 19.7. The standard InChI is InChI=1S/C22H29N3O4/c1-14(26)23-11-20-17-10-16(19-4-3-5-21(27)25(19)20)12-24(13-17)22(28)15-6-8-18(29-2)9-7-15/h6-9,16-17,19-20H,3-5,10-13H2,1-2H3,(H,23,26)/t16-,17+,19+,20+/m1/s1. The highest BCUT2D eigenvalue weighted by Gasteiger charge is 2.50. The molecule has 0 aliphatic carbocycles. The van der Waals surface area contributed by atoms with Gasteiger partial charge in [0.1, 0.15) is 5.75 Å². The minimum atomic E-state index is -0.0879. The Labute approximate surface area is 171 Å². The third kappa shape index (κ3) is 3.82. The molecule has 7 nitrogen and oxygen atoms in total. The van der Waals surface area contributed by atoms with E-state index in [9.17, 15) is 14.4 Å². The molecule has 2 bridgehead atoms. The molecule has 3 aliphatic heterocycles. The van der Waals surface area contributed by atoms with E-state index in [1.54, 1.807) is 31.4 Å². The van der Waals surface area contributed by atoms with Crippen LogP contribution in [0.25, 0.3) is 0 Å². The molecule has 7 heteroatoms. The van der Waals surface area contributed by atoms with E-state index in [-0.39, 0.29) is 35.7 Å². The number of nitrogens with zero attached hydrogens (tertiary/aromatic N) is 2. The van der Waals surface area contributed by atoms with Gasteiger partial charge in [-0.2, -0.15) is 0 Å². The predicted molar refractivity (Wildman–Crippen MR) is 107 cm³/mol. The zero-order valence-corrected chi connectivity index (χ0v) is 17.1. The van der Waals surface area contributed by atoms with Crippen LogP contribution in [-0.2, 0) is 9.59 Å². The summed E-state index contributed by atoms with van der Waals surface area (Å²) in [7, 11) is 1.61. The van der Waals surface area contributed by atoms with E-state index < -0.39 is 0 Å². The Hall–Kier alpha value is -2.57. The van der Waals surface area contributed by atoms with Crippen LogP contribution < -0.4 is 10.1 Å². The largest absolute Gasteiger partial charge is 0.497 e. The van der Waals surface area contributed by atoms with Crippen molar-refractivity contribution in [3.8, 4) is 5.75 Å². The lowest BCUT2D eigenvalue weighted by molar-refractivity contribution is -0.151. The van der Waals surface area contributed by atoms with Crippen LogP contribution >= 0.6 is 0 Å². The van der Waals surface area contributed by atoms with Gasteiger partial charge in [0.25, 0.3) is 5.91 Å². The molecule has 3 aliphatic rings. The number of rotatable bonds is 4. The van der Waals surface area contributed by atoms with E-state index in [0.717, 1.165) is 25.0 Å². The van der Waals surface area contributed by atoms with Crippen molar-refractivity contribution in [1.82, 2.24) is 15.1 Å². The quantitative estimate of drug-likeness (QED) is 0.835. The number of piperidine rings is 3. The molecule has 156 valence electrons.